The van der Waals surface area contributed by atoms with Crippen molar-refractivity contribution in [3.05, 3.63) is 99.0 Å². The monoisotopic (exact) mass is 481 g/mol. The summed E-state index contributed by atoms with van der Waals surface area (Å²) in [6, 6.07) is 20.3. The summed E-state index contributed by atoms with van der Waals surface area (Å²) in [4.78, 5) is 27.2. The number of anilines is 1. The maximum atomic E-state index is 12.8. The van der Waals surface area contributed by atoms with Gasteiger partial charge in [0.05, 0.1) is 0 Å². The van der Waals surface area contributed by atoms with Gasteiger partial charge in [-0.25, -0.2) is 0 Å². The Morgan fingerprint density at radius 2 is 1.79 bits per heavy atom. The first kappa shape index (κ1) is 23.1. The number of benzene rings is 3. The number of halogens is 2. The molecule has 1 heterocycles. The molecule has 0 aromatic heterocycles. The fraction of sp³-hybridized carbons (Fsp3) is 0.231. The Morgan fingerprint density at radius 3 is 2.52 bits per heavy atom. The summed E-state index contributed by atoms with van der Waals surface area (Å²) in [5.41, 5.74) is 4.05. The van der Waals surface area contributed by atoms with Crippen LogP contribution in [-0.2, 0) is 6.42 Å². The highest BCUT2D eigenvalue weighted by atomic mass is 35.5. The molecule has 0 spiro atoms. The van der Waals surface area contributed by atoms with Gasteiger partial charge in [-0.1, -0.05) is 54.4 Å². The molecule has 0 saturated carbocycles. The molecule has 0 bridgehead atoms. The van der Waals surface area contributed by atoms with E-state index in [-0.39, 0.29) is 18.0 Å². The summed E-state index contributed by atoms with van der Waals surface area (Å²) in [7, 11) is 0. The van der Waals surface area contributed by atoms with Gasteiger partial charge >= 0.3 is 0 Å². The first-order valence-corrected chi connectivity index (χ1v) is 11.7. The van der Waals surface area contributed by atoms with Crippen molar-refractivity contribution in [3.63, 3.8) is 0 Å². The zero-order chi connectivity index (χ0) is 23.4. The van der Waals surface area contributed by atoms with Crippen LogP contribution in [0.2, 0.25) is 10.0 Å². The molecule has 1 aliphatic rings. The quantitative estimate of drug-likeness (QED) is 0.418. The minimum Gasteiger partial charge on any atom is -0.361 e. The number of carbonyl (C=O) groups is 2. The molecular weight excluding hydrogens is 457 g/mol. The molecule has 0 radical (unpaired) electrons. The molecule has 0 unspecified atom stereocenters. The molecule has 0 saturated heterocycles. The molecule has 7 heteroatoms. The Hall–Kier alpha value is -3.02. The lowest BCUT2D eigenvalue weighted by atomic mass is 10.1. The molecule has 0 fully saturated rings. The summed E-state index contributed by atoms with van der Waals surface area (Å²) in [6.07, 6.45) is 1.26. The van der Waals surface area contributed by atoms with Crippen molar-refractivity contribution < 1.29 is 9.59 Å². The molecule has 5 nitrogen and oxygen atoms in total. The average molecular weight is 482 g/mol. The minimum atomic E-state index is -0.225. The standard InChI is InChI=1S/C26H25Cl2N3O2/c1-2-15-31-24(21-5-3-4-6-22(21)26(31)33)30-20-11-8-18(9-12-20)25(32)29-14-13-17-7-10-19(27)16-23(17)28/h3-12,16,24,30H,2,13-15H2,1H3,(H,29,32)/t24-/m1/s1. The lowest BCUT2D eigenvalue weighted by molar-refractivity contribution is 0.0743. The van der Waals surface area contributed by atoms with Gasteiger partial charge in [0.25, 0.3) is 11.8 Å². The lowest BCUT2D eigenvalue weighted by Gasteiger charge is -2.26. The van der Waals surface area contributed by atoms with Crippen molar-refractivity contribution in [1.29, 1.82) is 0 Å². The summed E-state index contributed by atoms with van der Waals surface area (Å²) in [5, 5.41) is 7.55. The first-order valence-electron chi connectivity index (χ1n) is 11.0. The molecule has 2 amide bonds. The van der Waals surface area contributed by atoms with Gasteiger partial charge in [0, 0.05) is 45.5 Å². The molecular formula is C26H25Cl2N3O2. The van der Waals surface area contributed by atoms with Crippen LogP contribution in [0.15, 0.2) is 66.7 Å². The highest BCUT2D eigenvalue weighted by molar-refractivity contribution is 6.35. The van der Waals surface area contributed by atoms with Crippen molar-refractivity contribution in [2.24, 2.45) is 0 Å². The van der Waals surface area contributed by atoms with E-state index in [1.165, 1.54) is 0 Å². The van der Waals surface area contributed by atoms with Crippen LogP contribution in [0.3, 0.4) is 0 Å². The zero-order valence-corrected chi connectivity index (χ0v) is 19.8. The van der Waals surface area contributed by atoms with E-state index in [0.717, 1.165) is 28.8 Å². The second-order valence-corrected chi connectivity index (χ2v) is 8.80. The Morgan fingerprint density at radius 1 is 1.03 bits per heavy atom. The fourth-order valence-electron chi connectivity index (χ4n) is 4.01. The molecule has 33 heavy (non-hydrogen) atoms. The minimum absolute atomic E-state index is 0.0433. The third-order valence-corrected chi connectivity index (χ3v) is 6.26. The molecule has 1 aliphatic heterocycles. The topological polar surface area (TPSA) is 61.4 Å². The number of fused-ring (bicyclic) bond motifs is 1. The van der Waals surface area contributed by atoms with Crippen LogP contribution in [0, 0.1) is 0 Å². The van der Waals surface area contributed by atoms with Crippen molar-refractivity contribution in [2.75, 3.05) is 18.4 Å². The van der Waals surface area contributed by atoms with Crippen LogP contribution in [0.25, 0.3) is 0 Å². The van der Waals surface area contributed by atoms with Crippen LogP contribution >= 0.6 is 23.2 Å². The van der Waals surface area contributed by atoms with Crippen LogP contribution in [0.4, 0.5) is 5.69 Å². The third-order valence-electron chi connectivity index (χ3n) is 5.67. The number of hydrogen-bond donors (Lipinski definition) is 2. The van der Waals surface area contributed by atoms with E-state index >= 15 is 0 Å². The van der Waals surface area contributed by atoms with Gasteiger partial charge in [0.2, 0.25) is 0 Å². The number of nitrogens with zero attached hydrogens (tertiary/aromatic N) is 1. The summed E-state index contributed by atoms with van der Waals surface area (Å²) >= 11 is 12.1. The Bertz CT molecular complexity index is 1160. The number of amides is 2. The highest BCUT2D eigenvalue weighted by Crippen LogP contribution is 2.34. The molecule has 1 atom stereocenters. The number of rotatable bonds is 8. The number of hydrogen-bond acceptors (Lipinski definition) is 3. The van der Waals surface area contributed by atoms with E-state index < -0.39 is 0 Å². The van der Waals surface area contributed by atoms with Crippen LogP contribution in [0.1, 0.15) is 51.4 Å². The van der Waals surface area contributed by atoms with Gasteiger partial charge in [0.15, 0.2) is 0 Å². The normalized spacial score (nSPS) is 14.8. The second kappa shape index (κ2) is 10.3. The lowest BCUT2D eigenvalue weighted by Crippen LogP contribution is -2.33. The molecule has 0 aliphatic carbocycles. The summed E-state index contributed by atoms with van der Waals surface area (Å²) in [6.45, 7) is 3.19. The van der Waals surface area contributed by atoms with Crippen molar-refractivity contribution in [2.45, 2.75) is 25.9 Å². The van der Waals surface area contributed by atoms with Crippen LogP contribution in [0.5, 0.6) is 0 Å². The van der Waals surface area contributed by atoms with E-state index in [9.17, 15) is 9.59 Å². The second-order valence-electron chi connectivity index (χ2n) is 7.95. The third kappa shape index (κ3) is 5.15. The number of nitrogens with one attached hydrogen (secondary N) is 2. The SMILES string of the molecule is CCCN1C(=O)c2ccccc2[C@@H]1Nc1ccc(C(=O)NCCc2ccc(Cl)cc2Cl)cc1. The molecule has 4 rings (SSSR count). The summed E-state index contributed by atoms with van der Waals surface area (Å²) < 4.78 is 0. The van der Waals surface area contributed by atoms with Crippen molar-refractivity contribution in [1.82, 2.24) is 10.2 Å². The first-order chi connectivity index (χ1) is 16.0. The number of carbonyl (C=O) groups excluding carboxylic acids is 2. The molecule has 3 aromatic rings. The van der Waals surface area contributed by atoms with Crippen LogP contribution < -0.4 is 10.6 Å². The smallest absolute Gasteiger partial charge is 0.256 e. The Kier molecular flexibility index (Phi) is 7.21. The van der Waals surface area contributed by atoms with Gasteiger partial charge in [-0.2, -0.15) is 0 Å². The predicted octanol–water partition coefficient (Wildman–Crippen LogP) is 5.94. The van der Waals surface area contributed by atoms with Gasteiger partial charge < -0.3 is 15.5 Å². The fourth-order valence-corrected chi connectivity index (χ4v) is 4.51. The van der Waals surface area contributed by atoms with E-state index in [1.54, 1.807) is 24.3 Å². The molecule has 2 N–H and O–H groups in total. The maximum Gasteiger partial charge on any atom is 0.256 e. The van der Waals surface area contributed by atoms with E-state index in [0.29, 0.717) is 35.1 Å². The largest absolute Gasteiger partial charge is 0.361 e. The predicted molar refractivity (Wildman–Crippen MR) is 133 cm³/mol. The molecule has 170 valence electrons. The van der Waals surface area contributed by atoms with Gasteiger partial charge in [-0.3, -0.25) is 9.59 Å². The average Bonchev–Trinajstić information content (AvgIpc) is 3.07. The summed E-state index contributed by atoms with van der Waals surface area (Å²) in [5.74, 6) is -0.109. The van der Waals surface area contributed by atoms with Gasteiger partial charge in [-0.05, 0) is 60.9 Å². The van der Waals surface area contributed by atoms with Gasteiger partial charge in [-0.15, -0.1) is 0 Å². The van der Waals surface area contributed by atoms with E-state index in [1.807, 2.05) is 47.4 Å². The maximum absolute atomic E-state index is 12.8. The van der Waals surface area contributed by atoms with E-state index in [4.69, 9.17) is 23.2 Å². The Labute approximate surface area is 203 Å². The van der Waals surface area contributed by atoms with Gasteiger partial charge in [0.1, 0.15) is 6.17 Å². The van der Waals surface area contributed by atoms with Crippen LogP contribution in [-0.4, -0.2) is 29.8 Å². The zero-order valence-electron chi connectivity index (χ0n) is 18.3. The molecule has 3 aromatic carbocycles. The van der Waals surface area contributed by atoms with Crippen molar-refractivity contribution in [3.8, 4) is 0 Å². The Balaban J connectivity index is 1.38. The highest BCUT2D eigenvalue weighted by Gasteiger charge is 2.35. The van der Waals surface area contributed by atoms with Crippen molar-refractivity contribution >= 4 is 40.7 Å². The van der Waals surface area contributed by atoms with E-state index in [2.05, 4.69) is 17.6 Å².